The van der Waals surface area contributed by atoms with E-state index in [-0.39, 0.29) is 0 Å². The maximum atomic E-state index is 3.01. The molecule has 0 heterocycles. The molecule has 0 radical (unpaired) electrons. The minimum absolute atomic E-state index is 0.677. The maximum Gasteiger partial charge on any atom is -0.0200 e. The molecular weight excluding hydrogens is 793 g/mol. The average Bonchev–Trinajstić information content (AvgIpc) is 3.65. The number of hydrogen-bond donors (Lipinski definition) is 0. The molecule has 0 nitrogen and oxygen atoms in total. The molecule has 0 saturated heterocycles. The highest BCUT2D eigenvalue weighted by molar-refractivity contribution is 5.17. The van der Waals surface area contributed by atoms with Gasteiger partial charge in [-0.2, -0.15) is 0 Å². The van der Waals surface area contributed by atoms with E-state index in [9.17, 15) is 0 Å². The average molecular weight is 906 g/mol. The van der Waals surface area contributed by atoms with Crippen molar-refractivity contribution in [3.8, 4) is 0 Å². The number of allylic oxidation sites excluding steroid dienone is 4. The fourth-order valence-corrected chi connectivity index (χ4v) is 19.8. The first-order valence-electron chi connectivity index (χ1n) is 32.1. The Morgan fingerprint density at radius 1 is 0.333 bits per heavy atom. The number of fused-ring (bicyclic) bond motifs is 3. The van der Waals surface area contributed by atoms with Gasteiger partial charge in [0.25, 0.3) is 0 Å². The maximum absolute atomic E-state index is 3.01. The summed E-state index contributed by atoms with van der Waals surface area (Å²) < 4.78 is 0. The van der Waals surface area contributed by atoms with E-state index in [1.807, 2.05) is 11.1 Å². The van der Waals surface area contributed by atoms with Crippen molar-refractivity contribution in [3.05, 3.63) is 23.3 Å². The summed E-state index contributed by atoms with van der Waals surface area (Å²) in [5.74, 6) is 14.1. The van der Waals surface area contributed by atoms with E-state index in [0.717, 1.165) is 82.9 Å². The second-order valence-electron chi connectivity index (χ2n) is 26.9. The molecule has 0 bridgehead atoms. The Morgan fingerprint density at radius 2 is 0.652 bits per heavy atom. The van der Waals surface area contributed by atoms with Gasteiger partial charge in [-0.1, -0.05) is 172 Å². The van der Waals surface area contributed by atoms with Crippen molar-refractivity contribution >= 4 is 0 Å². The van der Waals surface area contributed by atoms with Crippen molar-refractivity contribution in [2.24, 2.45) is 88.3 Å². The van der Waals surface area contributed by atoms with E-state index in [0.29, 0.717) is 5.41 Å². The Hall–Kier alpha value is -0.520. The van der Waals surface area contributed by atoms with Crippen LogP contribution in [0.25, 0.3) is 0 Å². The smallest absolute Gasteiger partial charge is 0.0200 e. The highest BCUT2D eigenvalue weighted by Gasteiger charge is 2.61. The van der Waals surface area contributed by atoms with E-state index < -0.39 is 0 Å². The molecule has 66 heavy (non-hydrogen) atoms. The van der Waals surface area contributed by atoms with Crippen molar-refractivity contribution in [1.29, 1.82) is 0 Å². The Bertz CT molecular complexity index is 1290. The third-order valence-electron chi connectivity index (χ3n) is 23.3. The van der Waals surface area contributed by atoms with E-state index in [2.05, 4.69) is 26.0 Å². The normalized spacial score (nSPS) is 37.8. The molecule has 9 rings (SSSR count). The lowest BCUT2D eigenvalue weighted by Gasteiger charge is -2.49. The summed E-state index contributed by atoms with van der Waals surface area (Å²) in [4.78, 5) is 0. The highest BCUT2D eigenvalue weighted by Crippen LogP contribution is 2.69. The third kappa shape index (κ3) is 12.6. The van der Waals surface area contributed by atoms with Crippen LogP contribution in [0.2, 0.25) is 0 Å². The van der Waals surface area contributed by atoms with Crippen molar-refractivity contribution in [2.45, 2.75) is 303 Å². The Labute approximate surface area is 412 Å². The minimum atomic E-state index is 0.677. The van der Waals surface area contributed by atoms with Gasteiger partial charge in [0, 0.05) is 0 Å². The summed E-state index contributed by atoms with van der Waals surface area (Å²) >= 11 is 0. The first-order chi connectivity index (χ1) is 32.6. The van der Waals surface area contributed by atoms with Crippen LogP contribution in [-0.2, 0) is 0 Å². The Morgan fingerprint density at radius 3 is 1.00 bits per heavy atom. The van der Waals surface area contributed by atoms with Crippen LogP contribution in [0.4, 0.5) is 0 Å². The zero-order chi connectivity index (χ0) is 45.0. The third-order valence-corrected chi connectivity index (χ3v) is 23.3. The first kappa shape index (κ1) is 50.4. The molecule has 9 fully saturated rings. The lowest BCUT2D eigenvalue weighted by Crippen LogP contribution is -2.40. The molecule has 376 valence electrons. The lowest BCUT2D eigenvalue weighted by atomic mass is 9.56. The molecule has 0 aliphatic heterocycles. The van der Waals surface area contributed by atoms with Crippen molar-refractivity contribution in [2.75, 3.05) is 0 Å². The van der Waals surface area contributed by atoms with Gasteiger partial charge in [0.2, 0.25) is 0 Å². The topological polar surface area (TPSA) is 0 Å². The molecule has 0 aromatic rings. The van der Waals surface area contributed by atoms with Crippen LogP contribution in [-0.4, -0.2) is 0 Å². The van der Waals surface area contributed by atoms with E-state index >= 15 is 0 Å². The molecule has 0 spiro atoms. The fraction of sp³-hybridized carbons (Fsp3) is 0.939. The van der Waals surface area contributed by atoms with E-state index in [4.69, 9.17) is 0 Å². The molecule has 9 aliphatic carbocycles. The largest absolute Gasteiger partial charge is 0.0817 e. The summed E-state index contributed by atoms with van der Waals surface area (Å²) in [6, 6.07) is 0. The Kier molecular flexibility index (Phi) is 19.7. The van der Waals surface area contributed by atoms with Crippen LogP contribution >= 0.6 is 0 Å². The van der Waals surface area contributed by atoms with Crippen LogP contribution in [0.3, 0.4) is 0 Å². The summed E-state index contributed by atoms with van der Waals surface area (Å²) in [7, 11) is 0. The van der Waals surface area contributed by atoms with Gasteiger partial charge < -0.3 is 0 Å². The molecule has 9 saturated carbocycles. The predicted octanol–water partition coefficient (Wildman–Crippen LogP) is 21.2. The van der Waals surface area contributed by atoms with Gasteiger partial charge in [0.1, 0.15) is 0 Å². The predicted molar refractivity (Wildman–Crippen MR) is 287 cm³/mol. The summed E-state index contributed by atoms with van der Waals surface area (Å²) in [5.41, 5.74) is 4.71. The lowest BCUT2D eigenvalue weighted by molar-refractivity contribution is 0.0104. The highest BCUT2D eigenvalue weighted by atomic mass is 14.7. The first-order valence-corrected chi connectivity index (χ1v) is 32.1. The van der Waals surface area contributed by atoms with Gasteiger partial charge in [0.05, 0.1) is 0 Å². The van der Waals surface area contributed by atoms with Gasteiger partial charge in [-0.3, -0.25) is 0 Å². The Balaban J connectivity index is 0.882. The molecule has 0 amide bonds. The van der Waals surface area contributed by atoms with E-state index in [1.165, 1.54) is 199 Å². The van der Waals surface area contributed by atoms with Crippen LogP contribution in [0.5, 0.6) is 0 Å². The van der Waals surface area contributed by atoms with Gasteiger partial charge in [0.15, 0.2) is 0 Å². The molecule has 0 N–H and O–H groups in total. The van der Waals surface area contributed by atoms with Gasteiger partial charge >= 0.3 is 0 Å². The van der Waals surface area contributed by atoms with Crippen molar-refractivity contribution in [1.82, 2.24) is 0 Å². The molecule has 0 aromatic carbocycles. The van der Waals surface area contributed by atoms with Crippen LogP contribution in [0.15, 0.2) is 23.3 Å². The molecular formula is C66H112. The summed E-state index contributed by atoms with van der Waals surface area (Å²) in [6.07, 6.45) is 75.0. The standard InChI is InChI=1S/C66H112/c1-3-5-7-9-23-45-66(44-22-8-6-4-2)64-48-58(52-36-32-50(33-37-52)46-62(54-24-14-10-15-25-54)55-26-16-11-17-27-55)40-42-60(64)61-43-41-59(49-65(61)66)53-38-34-51(35-39-53)47-63(56-28-18-12-19-29-56)57-30-20-13-21-31-57/h46-47,50-61,64-65H,3-45,48-49H2,1-2H3. The number of rotatable bonds is 19. The quantitative estimate of drug-likeness (QED) is 0.0895. The second kappa shape index (κ2) is 25.7. The monoisotopic (exact) mass is 905 g/mol. The number of unbranched alkanes of at least 4 members (excludes halogenated alkanes) is 7. The zero-order valence-electron chi connectivity index (χ0n) is 44.6. The van der Waals surface area contributed by atoms with Crippen LogP contribution in [0, 0.1) is 88.3 Å². The van der Waals surface area contributed by atoms with Gasteiger partial charge in [-0.15, -0.1) is 0 Å². The molecule has 6 unspecified atom stereocenters. The van der Waals surface area contributed by atoms with Crippen LogP contribution < -0.4 is 0 Å². The summed E-state index contributed by atoms with van der Waals surface area (Å²) in [5, 5.41) is 0. The van der Waals surface area contributed by atoms with Crippen LogP contribution in [0.1, 0.15) is 303 Å². The molecule has 9 aliphatic rings. The molecule has 6 atom stereocenters. The van der Waals surface area contributed by atoms with Gasteiger partial charge in [-0.25, -0.2) is 0 Å². The molecule has 0 aromatic heterocycles. The van der Waals surface area contributed by atoms with E-state index in [1.54, 1.807) is 89.9 Å². The SMILES string of the molecule is CCCCCCCC1(CCCCCC)C2CC(C3CCC(C=C(C4CCCCC4)C4CCCCC4)CC3)CCC2C2CCC(C3CCC(C=C(C4CCCCC4)C4CCCCC4)CC3)CC21. The number of hydrogen-bond acceptors (Lipinski definition) is 0. The molecule has 0 heteroatoms. The fourth-order valence-electron chi connectivity index (χ4n) is 19.8. The second-order valence-corrected chi connectivity index (χ2v) is 26.9. The summed E-state index contributed by atoms with van der Waals surface area (Å²) in [6.45, 7) is 4.88. The van der Waals surface area contributed by atoms with Crippen molar-refractivity contribution < 1.29 is 0 Å². The zero-order valence-corrected chi connectivity index (χ0v) is 44.6. The minimum Gasteiger partial charge on any atom is -0.0817 e. The van der Waals surface area contributed by atoms with Crippen molar-refractivity contribution in [3.63, 3.8) is 0 Å². The van der Waals surface area contributed by atoms with Gasteiger partial charge in [-0.05, 0) is 242 Å².